The molecule has 1 aromatic carbocycles. The lowest BCUT2D eigenvalue weighted by atomic mass is 9.92. The molecule has 3 aliphatic rings. The maximum atomic E-state index is 13.5. The normalized spacial score (nSPS) is 26.4. The summed E-state index contributed by atoms with van der Waals surface area (Å²) in [5.74, 6) is 1.52. The minimum absolute atomic E-state index is 0.132. The summed E-state index contributed by atoms with van der Waals surface area (Å²) < 4.78 is 0. The lowest BCUT2D eigenvalue weighted by Crippen LogP contribution is -2.60. The fourth-order valence-electron chi connectivity index (χ4n) is 5.13. The van der Waals surface area contributed by atoms with Gasteiger partial charge in [0.2, 0.25) is 5.91 Å². The summed E-state index contributed by atoms with van der Waals surface area (Å²) in [4.78, 5) is 28.1. The number of carbonyl (C=O) groups is 2. The van der Waals surface area contributed by atoms with Crippen LogP contribution in [0.5, 0.6) is 0 Å². The molecule has 3 N–H and O–H groups in total. The van der Waals surface area contributed by atoms with Crippen molar-refractivity contribution < 1.29 is 9.59 Å². The van der Waals surface area contributed by atoms with Gasteiger partial charge in [0.05, 0.1) is 0 Å². The van der Waals surface area contributed by atoms with E-state index in [1.807, 2.05) is 35.2 Å². The summed E-state index contributed by atoms with van der Waals surface area (Å²) in [5.41, 5.74) is 0.329. The SMILES string of the molecule is O=C(NCc1ccccc1)NC1(C(=O)N2CC[C@@H]3CNC[C@@H]3CC2)CCCC1. The van der Waals surface area contributed by atoms with Crippen molar-refractivity contribution in [3.63, 3.8) is 0 Å². The van der Waals surface area contributed by atoms with Crippen LogP contribution < -0.4 is 16.0 Å². The Morgan fingerprint density at radius 1 is 1.04 bits per heavy atom. The monoisotopic (exact) mass is 384 g/mol. The van der Waals surface area contributed by atoms with Gasteiger partial charge in [-0.15, -0.1) is 0 Å². The van der Waals surface area contributed by atoms with Crippen molar-refractivity contribution in [1.82, 2.24) is 20.9 Å². The van der Waals surface area contributed by atoms with E-state index < -0.39 is 5.54 Å². The molecular weight excluding hydrogens is 352 g/mol. The first kappa shape index (κ1) is 19.2. The van der Waals surface area contributed by atoms with Crippen molar-refractivity contribution in [1.29, 1.82) is 0 Å². The van der Waals surface area contributed by atoms with Gasteiger partial charge < -0.3 is 20.9 Å². The zero-order chi connectivity index (χ0) is 19.4. The van der Waals surface area contributed by atoms with E-state index in [1.54, 1.807) is 0 Å². The minimum Gasteiger partial charge on any atom is -0.341 e. The molecule has 0 bridgehead atoms. The average Bonchev–Trinajstić information content (AvgIpc) is 3.33. The average molecular weight is 385 g/mol. The second-order valence-corrected chi connectivity index (χ2v) is 8.63. The molecular formula is C22H32N4O2. The van der Waals surface area contributed by atoms with Gasteiger partial charge in [0.1, 0.15) is 5.54 Å². The number of fused-ring (bicyclic) bond motifs is 1. The second kappa shape index (κ2) is 8.52. The molecule has 0 radical (unpaired) electrons. The third-order valence-electron chi connectivity index (χ3n) is 6.82. The van der Waals surface area contributed by atoms with Crippen LogP contribution in [0, 0.1) is 11.8 Å². The molecule has 0 spiro atoms. The maximum Gasteiger partial charge on any atom is 0.315 e. The minimum atomic E-state index is -0.724. The van der Waals surface area contributed by atoms with Crippen molar-refractivity contribution in [3.8, 4) is 0 Å². The van der Waals surface area contributed by atoms with Crippen molar-refractivity contribution in [3.05, 3.63) is 35.9 Å². The molecule has 3 fully saturated rings. The quantitative estimate of drug-likeness (QED) is 0.746. The van der Waals surface area contributed by atoms with Gasteiger partial charge in [0.25, 0.3) is 0 Å². The second-order valence-electron chi connectivity index (χ2n) is 8.63. The molecule has 0 aromatic heterocycles. The van der Waals surface area contributed by atoms with Crippen molar-refractivity contribution >= 4 is 11.9 Å². The van der Waals surface area contributed by atoms with E-state index in [0.717, 1.165) is 70.3 Å². The first-order valence-electron chi connectivity index (χ1n) is 10.8. The zero-order valence-corrected chi connectivity index (χ0v) is 16.6. The Hall–Kier alpha value is -2.08. The molecule has 3 amide bonds. The van der Waals surface area contributed by atoms with E-state index in [9.17, 15) is 9.59 Å². The molecule has 1 aliphatic carbocycles. The maximum absolute atomic E-state index is 13.5. The molecule has 2 atom stereocenters. The van der Waals surface area contributed by atoms with Gasteiger partial charge in [0.15, 0.2) is 0 Å². The fraction of sp³-hybridized carbons (Fsp3) is 0.636. The Kier molecular flexibility index (Phi) is 5.85. The van der Waals surface area contributed by atoms with Crippen LogP contribution in [0.3, 0.4) is 0 Å². The largest absolute Gasteiger partial charge is 0.341 e. The van der Waals surface area contributed by atoms with Gasteiger partial charge in [-0.05, 0) is 56.2 Å². The van der Waals surface area contributed by atoms with E-state index in [-0.39, 0.29) is 11.9 Å². The molecule has 2 saturated heterocycles. The van der Waals surface area contributed by atoms with Gasteiger partial charge in [-0.1, -0.05) is 43.2 Å². The molecule has 2 heterocycles. The molecule has 6 nitrogen and oxygen atoms in total. The molecule has 1 saturated carbocycles. The number of hydrogen-bond acceptors (Lipinski definition) is 3. The van der Waals surface area contributed by atoms with E-state index in [4.69, 9.17) is 0 Å². The fourth-order valence-corrected chi connectivity index (χ4v) is 5.13. The highest BCUT2D eigenvalue weighted by Gasteiger charge is 2.45. The first-order valence-corrected chi connectivity index (χ1v) is 10.8. The Morgan fingerprint density at radius 3 is 2.32 bits per heavy atom. The number of hydrogen-bond donors (Lipinski definition) is 3. The molecule has 4 rings (SSSR count). The Labute approximate surface area is 167 Å². The summed E-state index contributed by atoms with van der Waals surface area (Å²) >= 11 is 0. The van der Waals surface area contributed by atoms with Crippen LogP contribution in [-0.4, -0.2) is 48.6 Å². The Morgan fingerprint density at radius 2 is 1.68 bits per heavy atom. The molecule has 2 aliphatic heterocycles. The molecule has 0 unspecified atom stereocenters. The van der Waals surface area contributed by atoms with Crippen LogP contribution in [0.2, 0.25) is 0 Å². The molecule has 28 heavy (non-hydrogen) atoms. The zero-order valence-electron chi connectivity index (χ0n) is 16.6. The van der Waals surface area contributed by atoms with Crippen LogP contribution in [0.1, 0.15) is 44.1 Å². The highest BCUT2D eigenvalue weighted by atomic mass is 16.2. The van der Waals surface area contributed by atoms with E-state index >= 15 is 0 Å². The number of benzene rings is 1. The third kappa shape index (κ3) is 4.17. The topological polar surface area (TPSA) is 73.5 Å². The van der Waals surface area contributed by atoms with Crippen LogP contribution in [0.15, 0.2) is 30.3 Å². The Bertz CT molecular complexity index is 673. The lowest BCUT2D eigenvalue weighted by Gasteiger charge is -2.35. The van der Waals surface area contributed by atoms with E-state index in [1.165, 1.54) is 0 Å². The summed E-state index contributed by atoms with van der Waals surface area (Å²) in [7, 11) is 0. The standard InChI is InChI=1S/C22H32N4O2/c27-20(26-12-8-18-15-23-16-19(18)9-13-26)22(10-4-5-11-22)25-21(28)24-14-17-6-2-1-3-7-17/h1-3,6-7,18-19,23H,4-5,8-16H2,(H2,24,25,28)/t18-,19+. The van der Waals surface area contributed by atoms with Gasteiger partial charge >= 0.3 is 6.03 Å². The smallest absolute Gasteiger partial charge is 0.315 e. The molecule has 1 aromatic rings. The number of carbonyl (C=O) groups excluding carboxylic acids is 2. The predicted octanol–water partition coefficient (Wildman–Crippen LogP) is 2.26. The van der Waals surface area contributed by atoms with Gasteiger partial charge in [0, 0.05) is 19.6 Å². The highest BCUT2D eigenvalue weighted by Crippen LogP contribution is 2.34. The highest BCUT2D eigenvalue weighted by molar-refractivity contribution is 5.91. The summed E-state index contributed by atoms with van der Waals surface area (Å²) in [6, 6.07) is 9.61. The molecule has 6 heteroatoms. The van der Waals surface area contributed by atoms with Gasteiger partial charge in [-0.3, -0.25) is 4.79 Å². The predicted molar refractivity (Wildman–Crippen MR) is 109 cm³/mol. The van der Waals surface area contributed by atoms with E-state index in [0.29, 0.717) is 18.4 Å². The summed E-state index contributed by atoms with van der Waals surface area (Å²) in [6.45, 7) is 4.26. The Balaban J connectivity index is 1.37. The number of urea groups is 1. The van der Waals surface area contributed by atoms with Crippen molar-refractivity contribution in [2.24, 2.45) is 11.8 Å². The number of nitrogens with zero attached hydrogens (tertiary/aromatic N) is 1. The van der Waals surface area contributed by atoms with Gasteiger partial charge in [-0.25, -0.2) is 4.79 Å². The summed E-state index contributed by atoms with van der Waals surface area (Å²) in [6.07, 6.45) is 5.62. The lowest BCUT2D eigenvalue weighted by molar-refractivity contribution is -0.137. The molecule has 152 valence electrons. The third-order valence-corrected chi connectivity index (χ3v) is 6.82. The number of amides is 3. The van der Waals surface area contributed by atoms with Crippen LogP contribution >= 0.6 is 0 Å². The first-order chi connectivity index (χ1) is 13.7. The van der Waals surface area contributed by atoms with Crippen LogP contribution in [-0.2, 0) is 11.3 Å². The van der Waals surface area contributed by atoms with Crippen molar-refractivity contribution in [2.75, 3.05) is 26.2 Å². The summed E-state index contributed by atoms with van der Waals surface area (Å²) in [5, 5.41) is 9.48. The van der Waals surface area contributed by atoms with Crippen LogP contribution in [0.4, 0.5) is 4.79 Å². The van der Waals surface area contributed by atoms with Gasteiger partial charge in [-0.2, -0.15) is 0 Å². The van der Waals surface area contributed by atoms with E-state index in [2.05, 4.69) is 16.0 Å². The number of nitrogens with one attached hydrogen (secondary N) is 3. The van der Waals surface area contributed by atoms with Crippen molar-refractivity contribution in [2.45, 2.75) is 50.6 Å². The number of rotatable bonds is 4. The number of likely N-dealkylation sites (tertiary alicyclic amines) is 1. The van der Waals surface area contributed by atoms with Crippen LogP contribution in [0.25, 0.3) is 0 Å².